The van der Waals surface area contributed by atoms with Gasteiger partial charge in [-0.25, -0.2) is 9.59 Å². The molecule has 0 aliphatic heterocycles. The summed E-state index contributed by atoms with van der Waals surface area (Å²) in [5.74, 6) is 0. The lowest BCUT2D eigenvalue weighted by molar-refractivity contribution is 0.145. The first kappa shape index (κ1) is 12.9. The second kappa shape index (κ2) is 6.36. The predicted molar refractivity (Wildman–Crippen MR) is 52.3 cm³/mol. The number of nitrogens with zero attached hydrogens (tertiary/aromatic N) is 1. The molecule has 0 spiro atoms. The van der Waals surface area contributed by atoms with Crippen molar-refractivity contribution in [3.8, 4) is 0 Å². The van der Waals surface area contributed by atoms with Gasteiger partial charge in [0.25, 0.3) is 0 Å². The highest BCUT2D eigenvalue weighted by molar-refractivity contribution is 7.90. The van der Waals surface area contributed by atoms with Gasteiger partial charge in [0.1, 0.15) is 0 Å². The van der Waals surface area contributed by atoms with Crippen molar-refractivity contribution in [3.05, 3.63) is 0 Å². The highest BCUT2D eigenvalue weighted by Gasteiger charge is 2.17. The molecular formula is C7H14N2O4S. The standard InChI is InChI=1S/C7H14N2O4S/c1-4-9(5(2)3)7(11)13-14-12-6(8)10/h5H,4H2,1-3H3,(H2,8,10). The van der Waals surface area contributed by atoms with Crippen LogP contribution in [-0.2, 0) is 8.37 Å². The zero-order chi connectivity index (χ0) is 11.1. The van der Waals surface area contributed by atoms with Crippen LogP contribution in [-0.4, -0.2) is 29.7 Å². The van der Waals surface area contributed by atoms with Gasteiger partial charge in [0.05, 0.1) is 0 Å². The van der Waals surface area contributed by atoms with E-state index in [-0.39, 0.29) is 18.4 Å². The Morgan fingerprint density at radius 1 is 1.43 bits per heavy atom. The van der Waals surface area contributed by atoms with Crippen LogP contribution < -0.4 is 5.73 Å². The fraction of sp³-hybridized carbons (Fsp3) is 0.714. The van der Waals surface area contributed by atoms with E-state index in [1.54, 1.807) is 0 Å². The number of amides is 2. The first-order chi connectivity index (χ1) is 6.49. The topological polar surface area (TPSA) is 81.9 Å². The number of hydrogen-bond donors (Lipinski definition) is 1. The molecule has 0 bridgehead atoms. The summed E-state index contributed by atoms with van der Waals surface area (Å²) in [7, 11) is 0. The normalized spacial score (nSPS) is 9.71. The van der Waals surface area contributed by atoms with Crippen LogP contribution >= 0.6 is 12.3 Å². The van der Waals surface area contributed by atoms with Crippen LogP contribution in [0.3, 0.4) is 0 Å². The molecule has 0 aromatic rings. The minimum atomic E-state index is -1.00. The van der Waals surface area contributed by atoms with Crippen molar-refractivity contribution in [1.82, 2.24) is 4.90 Å². The molecule has 6 nitrogen and oxygen atoms in total. The van der Waals surface area contributed by atoms with Gasteiger partial charge in [-0.3, -0.25) is 0 Å². The van der Waals surface area contributed by atoms with Crippen LogP contribution in [0.4, 0.5) is 9.59 Å². The molecule has 2 amide bonds. The number of rotatable bonds is 4. The average Bonchev–Trinajstić information content (AvgIpc) is 2.03. The van der Waals surface area contributed by atoms with Crippen molar-refractivity contribution in [3.63, 3.8) is 0 Å². The monoisotopic (exact) mass is 222 g/mol. The van der Waals surface area contributed by atoms with Crippen LogP contribution in [0, 0.1) is 0 Å². The van der Waals surface area contributed by atoms with Crippen molar-refractivity contribution in [1.29, 1.82) is 0 Å². The van der Waals surface area contributed by atoms with E-state index in [2.05, 4.69) is 14.1 Å². The third-order valence-electron chi connectivity index (χ3n) is 1.42. The molecule has 0 atom stereocenters. The number of carbonyl (C=O) groups is 2. The lowest BCUT2D eigenvalue weighted by atomic mass is 10.3. The third-order valence-corrected chi connectivity index (χ3v) is 1.86. The van der Waals surface area contributed by atoms with Gasteiger partial charge in [0.15, 0.2) is 0 Å². The van der Waals surface area contributed by atoms with Gasteiger partial charge in [-0.15, -0.1) is 0 Å². The molecular weight excluding hydrogens is 208 g/mol. The van der Waals surface area contributed by atoms with Crippen LogP contribution in [0.15, 0.2) is 0 Å². The first-order valence-electron chi connectivity index (χ1n) is 4.10. The maximum Gasteiger partial charge on any atom is 0.424 e. The summed E-state index contributed by atoms with van der Waals surface area (Å²) in [6.07, 6.45) is -1.57. The second-order valence-electron chi connectivity index (χ2n) is 2.70. The van der Waals surface area contributed by atoms with Gasteiger partial charge in [-0.1, -0.05) is 0 Å². The van der Waals surface area contributed by atoms with E-state index < -0.39 is 12.2 Å². The van der Waals surface area contributed by atoms with E-state index in [0.717, 1.165) is 0 Å². The molecule has 82 valence electrons. The number of carbonyl (C=O) groups excluding carboxylic acids is 2. The van der Waals surface area contributed by atoms with Crippen LogP contribution in [0.2, 0.25) is 0 Å². The zero-order valence-electron chi connectivity index (χ0n) is 8.35. The Morgan fingerprint density at radius 2 is 2.00 bits per heavy atom. The number of primary amides is 1. The summed E-state index contributed by atoms with van der Waals surface area (Å²) in [5, 5.41) is 0. The SMILES string of the molecule is CCN(C(=O)OSOC(N)=O)C(C)C. The lowest BCUT2D eigenvalue weighted by Crippen LogP contribution is -2.36. The van der Waals surface area contributed by atoms with Crippen molar-refractivity contribution in [2.45, 2.75) is 26.8 Å². The first-order valence-corrected chi connectivity index (χ1v) is 4.77. The van der Waals surface area contributed by atoms with Crippen molar-refractivity contribution >= 4 is 24.5 Å². The number of nitrogens with two attached hydrogens (primary N) is 1. The smallest absolute Gasteiger partial charge is 0.337 e. The van der Waals surface area contributed by atoms with Gasteiger partial charge >= 0.3 is 24.5 Å². The van der Waals surface area contributed by atoms with E-state index in [9.17, 15) is 9.59 Å². The van der Waals surface area contributed by atoms with Crippen molar-refractivity contribution in [2.24, 2.45) is 5.73 Å². The third kappa shape index (κ3) is 4.80. The summed E-state index contributed by atoms with van der Waals surface area (Å²) in [5.41, 5.74) is 4.66. The molecule has 0 heterocycles. The molecule has 2 N–H and O–H groups in total. The van der Waals surface area contributed by atoms with E-state index in [1.165, 1.54) is 4.90 Å². The lowest BCUT2D eigenvalue weighted by Gasteiger charge is -2.22. The van der Waals surface area contributed by atoms with E-state index in [0.29, 0.717) is 6.54 Å². The molecule has 0 saturated carbocycles. The molecule has 0 saturated heterocycles. The van der Waals surface area contributed by atoms with E-state index in [4.69, 9.17) is 0 Å². The molecule has 0 aliphatic carbocycles. The Morgan fingerprint density at radius 3 is 2.36 bits per heavy atom. The fourth-order valence-electron chi connectivity index (χ4n) is 0.833. The average molecular weight is 222 g/mol. The van der Waals surface area contributed by atoms with Crippen LogP contribution in [0.5, 0.6) is 0 Å². The van der Waals surface area contributed by atoms with Crippen molar-refractivity contribution < 1.29 is 18.0 Å². The maximum absolute atomic E-state index is 11.2. The number of hydrogen-bond acceptors (Lipinski definition) is 5. The van der Waals surface area contributed by atoms with Gasteiger partial charge in [0, 0.05) is 12.6 Å². The molecule has 0 fully saturated rings. The fourth-order valence-corrected chi connectivity index (χ4v) is 1.09. The summed E-state index contributed by atoms with van der Waals surface area (Å²) in [6, 6.07) is 0.0293. The Kier molecular flexibility index (Phi) is 5.86. The Balaban J connectivity index is 3.87. The molecule has 14 heavy (non-hydrogen) atoms. The highest BCUT2D eigenvalue weighted by Crippen LogP contribution is 2.09. The van der Waals surface area contributed by atoms with Crippen LogP contribution in [0.25, 0.3) is 0 Å². The maximum atomic E-state index is 11.2. The largest absolute Gasteiger partial charge is 0.424 e. The summed E-state index contributed by atoms with van der Waals surface area (Å²) in [6.45, 7) is 6.04. The van der Waals surface area contributed by atoms with Gasteiger partial charge < -0.3 is 19.0 Å². The summed E-state index contributed by atoms with van der Waals surface area (Å²) >= 11 is 0.265. The molecule has 0 rings (SSSR count). The van der Waals surface area contributed by atoms with Gasteiger partial charge in [0.2, 0.25) is 0 Å². The molecule has 0 aromatic carbocycles. The summed E-state index contributed by atoms with van der Waals surface area (Å²) < 4.78 is 8.72. The zero-order valence-corrected chi connectivity index (χ0v) is 9.17. The Hall–Kier alpha value is -1.11. The quantitative estimate of drug-likeness (QED) is 0.729. The second-order valence-corrected chi connectivity index (χ2v) is 3.17. The molecule has 0 aliphatic rings. The summed E-state index contributed by atoms with van der Waals surface area (Å²) in [4.78, 5) is 22.8. The van der Waals surface area contributed by atoms with Gasteiger partial charge in [-0.2, -0.15) is 0 Å². The van der Waals surface area contributed by atoms with Gasteiger partial charge in [-0.05, 0) is 20.8 Å². The Bertz CT molecular complexity index is 210. The van der Waals surface area contributed by atoms with E-state index >= 15 is 0 Å². The predicted octanol–water partition coefficient (Wildman–Crippen LogP) is 1.51. The molecule has 7 heteroatoms. The minimum absolute atomic E-state index is 0.0293. The molecule has 0 aromatic heterocycles. The minimum Gasteiger partial charge on any atom is -0.337 e. The van der Waals surface area contributed by atoms with E-state index in [1.807, 2.05) is 20.8 Å². The molecule has 0 unspecified atom stereocenters. The van der Waals surface area contributed by atoms with Crippen LogP contribution in [0.1, 0.15) is 20.8 Å². The Labute approximate surface area is 87.1 Å². The molecule has 0 radical (unpaired) electrons. The highest BCUT2D eigenvalue weighted by atomic mass is 32.2. The van der Waals surface area contributed by atoms with Crippen molar-refractivity contribution in [2.75, 3.05) is 6.54 Å².